The molecule has 3 aliphatic rings. The highest BCUT2D eigenvalue weighted by atomic mass is 19.1. The van der Waals surface area contributed by atoms with Crippen LogP contribution in [-0.4, -0.2) is 66.3 Å². The van der Waals surface area contributed by atoms with E-state index in [4.69, 9.17) is 16.1 Å². The lowest BCUT2D eigenvalue weighted by atomic mass is 9.95. The van der Waals surface area contributed by atoms with Crippen molar-refractivity contribution in [3.05, 3.63) is 66.1 Å². The van der Waals surface area contributed by atoms with E-state index in [9.17, 15) is 5.11 Å². The molecule has 43 heavy (non-hydrogen) atoms. The fraction of sp³-hybridized carbons (Fsp3) is 0.333. The molecule has 0 amide bonds. The lowest BCUT2D eigenvalue weighted by molar-refractivity contribution is 0.108. The van der Waals surface area contributed by atoms with Crippen LogP contribution in [-0.2, 0) is 13.1 Å². The maximum Gasteiger partial charge on any atom is 0.319 e. The number of pyridine rings is 1. The van der Waals surface area contributed by atoms with E-state index < -0.39 is 5.82 Å². The van der Waals surface area contributed by atoms with Crippen molar-refractivity contribution in [3.63, 3.8) is 0 Å². The SMILES string of the molecule is C#Cc1cccc2cc(O)cc(-c3ncc4c(N5CCn6ccnc6C5)nc(OCC56CCCN5CCC6)nc4c3F)c12. The molecule has 0 aliphatic carbocycles. The molecule has 0 spiro atoms. The van der Waals surface area contributed by atoms with Crippen molar-refractivity contribution in [1.82, 2.24) is 29.4 Å². The fourth-order valence-electron chi connectivity index (χ4n) is 7.25. The van der Waals surface area contributed by atoms with Crippen LogP contribution in [0.15, 0.2) is 48.9 Å². The molecule has 0 radical (unpaired) electrons. The number of hydrogen-bond donors (Lipinski definition) is 1. The number of aromatic hydroxyl groups is 1. The number of aromatic nitrogens is 5. The van der Waals surface area contributed by atoms with Gasteiger partial charge in [0.15, 0.2) is 5.82 Å². The lowest BCUT2D eigenvalue weighted by Crippen LogP contribution is -2.43. The molecule has 5 aromatic rings. The number of ether oxygens (including phenoxy) is 1. The van der Waals surface area contributed by atoms with Gasteiger partial charge in [0.25, 0.3) is 0 Å². The maximum atomic E-state index is 16.7. The number of anilines is 1. The number of terminal acetylenes is 1. The first kappa shape index (κ1) is 25.9. The van der Waals surface area contributed by atoms with Gasteiger partial charge in [-0.25, -0.2) is 9.37 Å². The third-order valence-electron chi connectivity index (χ3n) is 9.34. The van der Waals surface area contributed by atoms with Crippen molar-refractivity contribution in [3.8, 4) is 35.4 Å². The first-order valence-electron chi connectivity index (χ1n) is 14.7. The molecule has 3 aliphatic heterocycles. The summed E-state index contributed by atoms with van der Waals surface area (Å²) in [6.07, 6.45) is 15.6. The van der Waals surface area contributed by atoms with Crippen LogP contribution in [0.1, 0.15) is 37.1 Å². The molecule has 216 valence electrons. The molecule has 2 aromatic carbocycles. The zero-order valence-electron chi connectivity index (χ0n) is 23.6. The van der Waals surface area contributed by atoms with E-state index in [0.717, 1.165) is 51.1 Å². The summed E-state index contributed by atoms with van der Waals surface area (Å²) >= 11 is 0. The molecule has 8 rings (SSSR count). The Morgan fingerprint density at radius 1 is 1.07 bits per heavy atom. The van der Waals surface area contributed by atoms with Gasteiger partial charge in [0.05, 0.1) is 17.5 Å². The summed E-state index contributed by atoms with van der Waals surface area (Å²) in [5.41, 5.74) is 1.14. The van der Waals surface area contributed by atoms with Crippen molar-refractivity contribution < 1.29 is 14.2 Å². The number of imidazole rings is 1. The minimum absolute atomic E-state index is 0.00822. The third-order valence-corrected chi connectivity index (χ3v) is 9.34. The summed E-state index contributed by atoms with van der Waals surface area (Å²) in [5, 5.41) is 12.4. The summed E-state index contributed by atoms with van der Waals surface area (Å²) in [4.78, 5) is 23.2. The quantitative estimate of drug-likeness (QED) is 0.296. The van der Waals surface area contributed by atoms with Crippen LogP contribution >= 0.6 is 0 Å². The van der Waals surface area contributed by atoms with Gasteiger partial charge in [0.1, 0.15) is 35.2 Å². The zero-order valence-corrected chi connectivity index (χ0v) is 23.6. The van der Waals surface area contributed by atoms with Crippen LogP contribution in [0.5, 0.6) is 11.8 Å². The van der Waals surface area contributed by atoms with E-state index in [1.165, 1.54) is 6.07 Å². The van der Waals surface area contributed by atoms with Gasteiger partial charge in [-0.2, -0.15) is 9.97 Å². The molecule has 10 heteroatoms. The van der Waals surface area contributed by atoms with Gasteiger partial charge in [-0.1, -0.05) is 18.1 Å². The van der Waals surface area contributed by atoms with Gasteiger partial charge in [0, 0.05) is 48.2 Å². The Labute approximate surface area is 248 Å². The van der Waals surface area contributed by atoms with Crippen LogP contribution in [0.4, 0.5) is 10.2 Å². The summed E-state index contributed by atoms with van der Waals surface area (Å²) in [7, 11) is 0. The predicted molar refractivity (Wildman–Crippen MR) is 161 cm³/mol. The molecule has 1 N–H and O–H groups in total. The number of fused-ring (bicyclic) bond motifs is 4. The van der Waals surface area contributed by atoms with Crippen molar-refractivity contribution in [2.75, 3.05) is 31.1 Å². The molecule has 2 fully saturated rings. The Morgan fingerprint density at radius 3 is 2.77 bits per heavy atom. The number of phenolic OH excluding ortho intramolecular Hbond substituents is 1. The topological polar surface area (TPSA) is 92.4 Å². The van der Waals surface area contributed by atoms with E-state index in [1.807, 2.05) is 18.3 Å². The Hall–Kier alpha value is -4.75. The Bertz CT molecular complexity index is 1940. The molecule has 0 unspecified atom stereocenters. The fourth-order valence-corrected chi connectivity index (χ4v) is 7.25. The second kappa shape index (κ2) is 9.92. The minimum Gasteiger partial charge on any atom is -0.508 e. The second-order valence-corrected chi connectivity index (χ2v) is 11.7. The van der Waals surface area contributed by atoms with E-state index in [-0.39, 0.29) is 28.5 Å². The van der Waals surface area contributed by atoms with Crippen LogP contribution in [0.2, 0.25) is 0 Å². The number of hydrogen-bond acceptors (Lipinski definition) is 8. The first-order valence-corrected chi connectivity index (χ1v) is 14.7. The number of benzene rings is 2. The monoisotopic (exact) mass is 575 g/mol. The van der Waals surface area contributed by atoms with Crippen molar-refractivity contribution >= 4 is 27.5 Å². The zero-order chi connectivity index (χ0) is 29.1. The molecular weight excluding hydrogens is 545 g/mol. The predicted octanol–water partition coefficient (Wildman–Crippen LogP) is 4.89. The van der Waals surface area contributed by atoms with Crippen LogP contribution in [0.25, 0.3) is 32.9 Å². The van der Waals surface area contributed by atoms with Gasteiger partial charge in [0.2, 0.25) is 0 Å². The number of rotatable bonds is 5. The summed E-state index contributed by atoms with van der Waals surface area (Å²) < 4.78 is 25.2. The highest BCUT2D eigenvalue weighted by Crippen LogP contribution is 2.41. The summed E-state index contributed by atoms with van der Waals surface area (Å²) in [6.45, 7) is 4.53. The molecule has 0 bridgehead atoms. The van der Waals surface area contributed by atoms with Crippen molar-refractivity contribution in [2.24, 2.45) is 0 Å². The Kier molecular flexibility index (Phi) is 5.98. The Balaban J connectivity index is 1.28. The van der Waals surface area contributed by atoms with Crippen molar-refractivity contribution in [2.45, 2.75) is 44.3 Å². The van der Waals surface area contributed by atoms with E-state index in [0.29, 0.717) is 52.8 Å². The van der Waals surface area contributed by atoms with Crippen LogP contribution in [0.3, 0.4) is 0 Å². The lowest BCUT2D eigenvalue weighted by Gasteiger charge is -2.32. The van der Waals surface area contributed by atoms with E-state index >= 15 is 4.39 Å². The smallest absolute Gasteiger partial charge is 0.319 e. The van der Waals surface area contributed by atoms with Crippen LogP contribution in [0, 0.1) is 18.2 Å². The average molecular weight is 576 g/mol. The van der Waals surface area contributed by atoms with E-state index in [1.54, 1.807) is 24.5 Å². The molecule has 0 saturated carbocycles. The molecule has 3 aromatic heterocycles. The minimum atomic E-state index is -0.621. The molecule has 6 heterocycles. The van der Waals surface area contributed by atoms with Gasteiger partial charge in [-0.05, 0) is 62.4 Å². The Morgan fingerprint density at radius 2 is 1.93 bits per heavy atom. The molecule has 0 atom stereocenters. The van der Waals surface area contributed by atoms with E-state index in [2.05, 4.69) is 35.2 Å². The maximum absolute atomic E-state index is 16.7. The highest BCUT2D eigenvalue weighted by molar-refractivity contribution is 6.02. The highest BCUT2D eigenvalue weighted by Gasteiger charge is 2.45. The standard InChI is InChI=1S/C33H30FN7O2/c1-2-21-6-3-7-22-16-23(42)17-24(27(21)22)29-28(34)30-25(18-36-29)31(40-15-14-39-13-10-35-26(39)19-40)38-32(37-30)43-20-33-8-4-11-41(33)12-5-9-33/h1,3,6-7,10,13,16-18,42H,4-5,8-9,11-12,14-15,19-20H2. The molecule has 2 saturated heterocycles. The van der Waals surface area contributed by atoms with Crippen molar-refractivity contribution in [1.29, 1.82) is 0 Å². The second-order valence-electron chi connectivity index (χ2n) is 11.7. The van der Waals surface area contributed by atoms with Gasteiger partial charge in [-0.3, -0.25) is 9.88 Å². The molecular formula is C33H30FN7O2. The molecule has 9 nitrogen and oxygen atoms in total. The van der Waals surface area contributed by atoms with Gasteiger partial charge in [-0.15, -0.1) is 6.42 Å². The first-order chi connectivity index (χ1) is 21.0. The van der Waals surface area contributed by atoms with Gasteiger partial charge < -0.3 is 19.3 Å². The van der Waals surface area contributed by atoms with Crippen LogP contribution < -0.4 is 9.64 Å². The third kappa shape index (κ3) is 4.18. The number of halogens is 1. The van der Waals surface area contributed by atoms with Gasteiger partial charge >= 0.3 is 6.01 Å². The summed E-state index contributed by atoms with van der Waals surface area (Å²) in [5.74, 6) is 3.53. The average Bonchev–Trinajstić information content (AvgIpc) is 3.75. The largest absolute Gasteiger partial charge is 0.508 e. The summed E-state index contributed by atoms with van der Waals surface area (Å²) in [6, 6.07) is 8.69. The number of phenols is 1. The normalized spacial score (nSPS) is 17.7. The number of nitrogens with zero attached hydrogens (tertiary/aromatic N) is 7.